The van der Waals surface area contributed by atoms with Crippen LogP contribution in [0.1, 0.15) is 5.56 Å². The first-order valence-corrected chi connectivity index (χ1v) is 5.84. The summed E-state index contributed by atoms with van der Waals surface area (Å²) in [4.78, 5) is 1.07. The Labute approximate surface area is 95.0 Å². The van der Waals surface area contributed by atoms with E-state index in [-0.39, 0.29) is 5.84 Å². The van der Waals surface area contributed by atoms with Crippen LogP contribution in [0.3, 0.4) is 0 Å². The van der Waals surface area contributed by atoms with Crippen LogP contribution in [0.15, 0.2) is 39.0 Å². The molecule has 2 aromatic rings. The highest BCUT2D eigenvalue weighted by Gasteiger charge is 2.01. The lowest BCUT2D eigenvalue weighted by atomic mass is 10.2. The van der Waals surface area contributed by atoms with E-state index in [0.29, 0.717) is 0 Å². The van der Waals surface area contributed by atoms with Gasteiger partial charge >= 0.3 is 0 Å². The van der Waals surface area contributed by atoms with Crippen molar-refractivity contribution in [3.8, 4) is 0 Å². The van der Waals surface area contributed by atoms with Gasteiger partial charge in [0.05, 0.1) is 0 Å². The van der Waals surface area contributed by atoms with E-state index in [0.717, 1.165) is 14.8 Å². The van der Waals surface area contributed by atoms with E-state index in [4.69, 9.17) is 11.1 Å². The van der Waals surface area contributed by atoms with E-state index < -0.39 is 0 Å². The molecule has 0 aliphatic carbocycles. The monoisotopic (exact) mass is 236 g/mol. The zero-order valence-electron chi connectivity index (χ0n) is 7.68. The van der Waals surface area contributed by atoms with Crippen molar-refractivity contribution in [3.05, 3.63) is 35.3 Å². The van der Waals surface area contributed by atoms with Gasteiger partial charge in [-0.1, -0.05) is 35.2 Å². The molecule has 1 aromatic heterocycles. The Morgan fingerprint density at radius 2 is 2.07 bits per heavy atom. The van der Waals surface area contributed by atoms with Crippen molar-refractivity contribution in [2.45, 2.75) is 9.24 Å². The van der Waals surface area contributed by atoms with Crippen molar-refractivity contribution < 1.29 is 0 Å². The van der Waals surface area contributed by atoms with Crippen LogP contribution in [0.2, 0.25) is 0 Å². The minimum absolute atomic E-state index is 0.0856. The van der Waals surface area contributed by atoms with Crippen molar-refractivity contribution >= 4 is 28.9 Å². The lowest BCUT2D eigenvalue weighted by molar-refractivity contribution is 1.01. The van der Waals surface area contributed by atoms with Crippen molar-refractivity contribution in [1.82, 2.24) is 10.2 Å². The van der Waals surface area contributed by atoms with Gasteiger partial charge in [0.2, 0.25) is 0 Å². The molecule has 0 bridgehead atoms. The summed E-state index contributed by atoms with van der Waals surface area (Å²) in [5.74, 6) is 0.0856. The number of nitrogens with one attached hydrogen (secondary N) is 1. The van der Waals surface area contributed by atoms with Gasteiger partial charge in [-0.05, 0) is 12.1 Å². The summed E-state index contributed by atoms with van der Waals surface area (Å²) in [7, 11) is 0. The second-order valence-corrected chi connectivity index (χ2v) is 4.90. The molecule has 0 aliphatic rings. The highest BCUT2D eigenvalue weighted by Crippen LogP contribution is 2.28. The van der Waals surface area contributed by atoms with Crippen LogP contribution in [0, 0.1) is 5.41 Å². The summed E-state index contributed by atoms with van der Waals surface area (Å²) in [6.07, 6.45) is 0. The second kappa shape index (κ2) is 4.41. The molecule has 0 saturated carbocycles. The van der Waals surface area contributed by atoms with E-state index in [1.165, 1.54) is 11.3 Å². The van der Waals surface area contributed by atoms with Crippen LogP contribution >= 0.6 is 23.1 Å². The Morgan fingerprint density at radius 3 is 2.60 bits per heavy atom. The van der Waals surface area contributed by atoms with Gasteiger partial charge < -0.3 is 5.73 Å². The number of nitrogens with two attached hydrogens (primary N) is 1. The molecular weight excluding hydrogens is 228 g/mol. The fraction of sp³-hybridized carbons (Fsp3) is 0. The maximum Gasteiger partial charge on any atom is 0.178 e. The topological polar surface area (TPSA) is 75.7 Å². The predicted octanol–water partition coefficient (Wildman–Crippen LogP) is 1.97. The van der Waals surface area contributed by atoms with E-state index in [2.05, 4.69) is 10.2 Å². The molecule has 0 fully saturated rings. The summed E-state index contributed by atoms with van der Waals surface area (Å²) >= 11 is 3.05. The normalized spacial score (nSPS) is 10.1. The first-order chi connectivity index (χ1) is 7.25. The van der Waals surface area contributed by atoms with Crippen molar-refractivity contribution in [2.75, 3.05) is 0 Å². The van der Waals surface area contributed by atoms with Gasteiger partial charge in [0.25, 0.3) is 0 Å². The maximum atomic E-state index is 7.25. The molecule has 0 aliphatic heterocycles. The summed E-state index contributed by atoms with van der Waals surface area (Å²) in [6, 6.07) is 7.49. The molecule has 0 amide bonds. The Hall–Kier alpha value is -1.40. The number of aromatic nitrogens is 2. The average Bonchev–Trinajstić information content (AvgIpc) is 2.71. The molecular formula is C9H8N4S2. The van der Waals surface area contributed by atoms with E-state index in [1.54, 1.807) is 17.3 Å². The Balaban J connectivity index is 2.14. The van der Waals surface area contributed by atoms with Crippen LogP contribution in [0.5, 0.6) is 0 Å². The first-order valence-electron chi connectivity index (χ1n) is 4.14. The van der Waals surface area contributed by atoms with Crippen molar-refractivity contribution in [3.63, 3.8) is 0 Å². The van der Waals surface area contributed by atoms with Crippen LogP contribution in [-0.2, 0) is 0 Å². The molecule has 0 unspecified atom stereocenters. The quantitative estimate of drug-likeness (QED) is 0.631. The smallest absolute Gasteiger partial charge is 0.178 e. The molecule has 0 atom stereocenters. The van der Waals surface area contributed by atoms with Crippen LogP contribution in [0.25, 0.3) is 0 Å². The van der Waals surface area contributed by atoms with Gasteiger partial charge in [0.15, 0.2) is 4.34 Å². The minimum atomic E-state index is 0.0856. The van der Waals surface area contributed by atoms with E-state index in [1.807, 2.05) is 24.3 Å². The molecule has 15 heavy (non-hydrogen) atoms. The molecule has 6 heteroatoms. The molecule has 1 aromatic carbocycles. The second-order valence-electron chi connectivity index (χ2n) is 2.74. The fourth-order valence-corrected chi connectivity index (χ4v) is 2.46. The molecule has 1 heterocycles. The zero-order valence-corrected chi connectivity index (χ0v) is 9.31. The van der Waals surface area contributed by atoms with Crippen LogP contribution in [0.4, 0.5) is 0 Å². The number of hydrogen-bond acceptors (Lipinski definition) is 5. The lowest BCUT2D eigenvalue weighted by Crippen LogP contribution is -2.10. The van der Waals surface area contributed by atoms with Crippen LogP contribution < -0.4 is 5.73 Å². The SMILES string of the molecule is N=C(N)c1ccc(Sc2nncs2)cc1. The zero-order chi connectivity index (χ0) is 10.7. The number of hydrogen-bond donors (Lipinski definition) is 2. The summed E-state index contributed by atoms with van der Waals surface area (Å²) in [6.45, 7) is 0. The molecule has 76 valence electrons. The molecule has 0 saturated heterocycles. The number of benzene rings is 1. The van der Waals surface area contributed by atoms with Crippen molar-refractivity contribution in [1.29, 1.82) is 5.41 Å². The predicted molar refractivity (Wildman–Crippen MR) is 61.5 cm³/mol. The third kappa shape index (κ3) is 2.54. The minimum Gasteiger partial charge on any atom is -0.384 e. The Morgan fingerprint density at radius 1 is 1.33 bits per heavy atom. The number of amidine groups is 1. The van der Waals surface area contributed by atoms with Gasteiger partial charge in [-0.15, -0.1) is 10.2 Å². The highest BCUT2D eigenvalue weighted by molar-refractivity contribution is 8.01. The maximum absolute atomic E-state index is 7.25. The average molecular weight is 236 g/mol. The number of nitrogen functional groups attached to an aromatic ring is 1. The number of nitrogens with zero attached hydrogens (tertiary/aromatic N) is 2. The molecule has 2 rings (SSSR count). The molecule has 4 nitrogen and oxygen atoms in total. The van der Waals surface area contributed by atoms with Gasteiger partial charge in [-0.25, -0.2) is 0 Å². The van der Waals surface area contributed by atoms with Gasteiger partial charge in [-0.3, -0.25) is 5.41 Å². The van der Waals surface area contributed by atoms with E-state index in [9.17, 15) is 0 Å². The summed E-state index contributed by atoms with van der Waals surface area (Å²) in [5, 5.41) is 14.9. The summed E-state index contributed by atoms with van der Waals surface area (Å²) < 4.78 is 0.908. The van der Waals surface area contributed by atoms with E-state index >= 15 is 0 Å². The first kappa shape index (κ1) is 10.1. The Kier molecular flexibility index (Phi) is 2.98. The fourth-order valence-electron chi connectivity index (χ4n) is 1.01. The van der Waals surface area contributed by atoms with Crippen LogP contribution in [-0.4, -0.2) is 16.0 Å². The molecule has 3 N–H and O–H groups in total. The largest absolute Gasteiger partial charge is 0.384 e. The third-order valence-electron chi connectivity index (χ3n) is 1.71. The number of rotatable bonds is 3. The highest BCUT2D eigenvalue weighted by atomic mass is 32.2. The lowest BCUT2D eigenvalue weighted by Gasteiger charge is -1.99. The Bertz CT molecular complexity index is 449. The summed E-state index contributed by atoms with van der Waals surface area (Å²) in [5.41, 5.74) is 7.79. The third-order valence-corrected chi connectivity index (χ3v) is 3.50. The van der Waals surface area contributed by atoms with Gasteiger partial charge in [-0.2, -0.15) is 0 Å². The standard InChI is InChI=1S/C9H8N4S2/c10-8(11)6-1-3-7(4-2-6)15-9-13-12-5-14-9/h1-5H,(H3,10,11). The van der Waals surface area contributed by atoms with Gasteiger partial charge in [0.1, 0.15) is 11.3 Å². The van der Waals surface area contributed by atoms with Gasteiger partial charge in [0, 0.05) is 10.5 Å². The molecule has 0 radical (unpaired) electrons. The molecule has 0 spiro atoms. The van der Waals surface area contributed by atoms with Crippen molar-refractivity contribution in [2.24, 2.45) is 5.73 Å².